The number of aryl methyl sites for hydroxylation is 1. The van der Waals surface area contributed by atoms with Gasteiger partial charge in [0, 0.05) is 34.4 Å². The number of ether oxygens (including phenoxy) is 1. The Bertz CT molecular complexity index is 1100. The fraction of sp³-hybridized carbons (Fsp3) is 0.261. The molecule has 6 nitrogen and oxygen atoms in total. The largest absolute Gasteiger partial charge is 0.457 e. The number of amides is 1. The molecule has 0 aliphatic rings. The van der Waals surface area contributed by atoms with Crippen molar-refractivity contribution in [1.82, 2.24) is 9.88 Å². The number of halogens is 1. The molecule has 162 valence electrons. The number of hydrogen-bond acceptors (Lipinski definition) is 5. The van der Waals surface area contributed by atoms with E-state index in [2.05, 4.69) is 5.32 Å². The van der Waals surface area contributed by atoms with Crippen LogP contribution in [0.3, 0.4) is 0 Å². The van der Waals surface area contributed by atoms with Gasteiger partial charge in [-0.3, -0.25) is 14.4 Å². The second kappa shape index (κ2) is 9.70. The first-order valence-corrected chi connectivity index (χ1v) is 10.6. The Morgan fingerprint density at radius 3 is 2.58 bits per heavy atom. The van der Waals surface area contributed by atoms with Crippen LogP contribution < -0.4 is 5.32 Å². The topological polar surface area (TPSA) is 77.4 Å². The zero-order valence-corrected chi connectivity index (χ0v) is 18.3. The fourth-order valence-electron chi connectivity index (χ4n) is 3.46. The first kappa shape index (κ1) is 22.4. The number of thiophene rings is 1. The molecule has 8 heteroatoms. The van der Waals surface area contributed by atoms with Crippen molar-refractivity contribution in [3.8, 4) is 5.69 Å². The van der Waals surface area contributed by atoms with Crippen LogP contribution in [0.4, 0.5) is 4.39 Å². The number of esters is 1. The molecular weight excluding hydrogens is 419 g/mol. The van der Waals surface area contributed by atoms with E-state index in [1.807, 2.05) is 24.4 Å². The maximum absolute atomic E-state index is 13.6. The summed E-state index contributed by atoms with van der Waals surface area (Å²) in [5.41, 5.74) is 2.42. The first-order chi connectivity index (χ1) is 14.8. The molecule has 2 aromatic heterocycles. The average Bonchev–Trinajstić information content (AvgIpc) is 3.33. The Morgan fingerprint density at radius 2 is 1.94 bits per heavy atom. The molecule has 1 atom stereocenters. The third kappa shape index (κ3) is 5.46. The predicted molar refractivity (Wildman–Crippen MR) is 116 cm³/mol. The number of ketones is 1. The molecule has 0 aliphatic carbocycles. The Hall–Kier alpha value is -3.26. The Balaban J connectivity index is 1.67. The van der Waals surface area contributed by atoms with Crippen LogP contribution in [0.1, 0.15) is 46.0 Å². The maximum atomic E-state index is 13.6. The van der Waals surface area contributed by atoms with Gasteiger partial charge in [0.25, 0.3) is 0 Å². The van der Waals surface area contributed by atoms with Crippen LogP contribution in [0, 0.1) is 19.7 Å². The molecule has 0 fully saturated rings. The van der Waals surface area contributed by atoms with Crippen molar-refractivity contribution in [1.29, 1.82) is 0 Å². The zero-order chi connectivity index (χ0) is 22.5. The molecule has 1 amide bonds. The lowest BCUT2D eigenvalue weighted by molar-refractivity contribution is -0.143. The highest BCUT2D eigenvalue weighted by Crippen LogP contribution is 2.24. The summed E-state index contributed by atoms with van der Waals surface area (Å²) < 4.78 is 20.6. The molecule has 0 saturated carbocycles. The van der Waals surface area contributed by atoms with Gasteiger partial charge in [-0.2, -0.15) is 0 Å². The third-order valence-electron chi connectivity index (χ3n) is 4.80. The summed E-state index contributed by atoms with van der Waals surface area (Å²) >= 11 is 1.42. The number of nitrogens with zero attached hydrogens (tertiary/aromatic N) is 1. The van der Waals surface area contributed by atoms with Crippen LogP contribution in [0.25, 0.3) is 5.69 Å². The molecule has 0 radical (unpaired) electrons. The quantitative estimate of drug-likeness (QED) is 0.417. The minimum atomic E-state index is -0.584. The van der Waals surface area contributed by atoms with E-state index in [1.165, 1.54) is 30.4 Å². The summed E-state index contributed by atoms with van der Waals surface area (Å²) in [6.07, 6.45) is -0.0737. The van der Waals surface area contributed by atoms with Gasteiger partial charge in [0.05, 0.1) is 12.5 Å². The van der Waals surface area contributed by atoms with Crippen molar-refractivity contribution in [2.45, 2.75) is 33.2 Å². The van der Waals surface area contributed by atoms with Crippen LogP contribution in [-0.2, 0) is 14.3 Å². The molecule has 1 N–H and O–H groups in total. The smallest absolute Gasteiger partial charge is 0.308 e. The molecule has 3 rings (SSSR count). The molecule has 0 spiro atoms. The van der Waals surface area contributed by atoms with Crippen LogP contribution in [0.15, 0.2) is 47.8 Å². The van der Waals surface area contributed by atoms with E-state index in [-0.39, 0.29) is 23.9 Å². The Labute approximate surface area is 183 Å². The second-order valence-electron chi connectivity index (χ2n) is 7.16. The van der Waals surface area contributed by atoms with Gasteiger partial charge in [-0.25, -0.2) is 4.39 Å². The van der Waals surface area contributed by atoms with Crippen LogP contribution in [-0.4, -0.2) is 28.8 Å². The molecule has 2 heterocycles. The summed E-state index contributed by atoms with van der Waals surface area (Å²) in [5.74, 6) is -1.56. The van der Waals surface area contributed by atoms with Gasteiger partial charge in [-0.1, -0.05) is 12.1 Å². The number of nitrogens with one attached hydrogen (secondary N) is 1. The first-order valence-electron chi connectivity index (χ1n) is 9.70. The molecule has 0 bridgehead atoms. The lowest BCUT2D eigenvalue weighted by atomic mass is 10.1. The van der Waals surface area contributed by atoms with Crippen LogP contribution in [0.2, 0.25) is 0 Å². The summed E-state index contributed by atoms with van der Waals surface area (Å²) in [4.78, 5) is 37.3. The van der Waals surface area contributed by atoms with E-state index in [9.17, 15) is 18.8 Å². The molecule has 1 aromatic carbocycles. The Morgan fingerprint density at radius 1 is 1.16 bits per heavy atom. The van der Waals surface area contributed by atoms with Gasteiger partial charge in [-0.05, 0) is 49.6 Å². The lowest BCUT2D eigenvalue weighted by Gasteiger charge is -2.15. The van der Waals surface area contributed by atoms with E-state index >= 15 is 0 Å². The number of carbonyl (C=O) groups excluding carboxylic acids is 3. The van der Waals surface area contributed by atoms with Gasteiger partial charge < -0.3 is 14.6 Å². The van der Waals surface area contributed by atoms with E-state index in [0.29, 0.717) is 16.9 Å². The van der Waals surface area contributed by atoms with Gasteiger partial charge in [0.2, 0.25) is 11.7 Å². The summed E-state index contributed by atoms with van der Waals surface area (Å²) in [6, 6.07) is 11.0. The zero-order valence-electron chi connectivity index (χ0n) is 17.5. The summed E-state index contributed by atoms with van der Waals surface area (Å²) in [7, 11) is 0. The minimum absolute atomic E-state index is 0.0737. The third-order valence-corrected chi connectivity index (χ3v) is 5.78. The van der Waals surface area contributed by atoms with E-state index in [0.717, 1.165) is 10.6 Å². The number of rotatable bonds is 8. The average molecular weight is 443 g/mol. The van der Waals surface area contributed by atoms with Crippen molar-refractivity contribution in [3.05, 3.63) is 75.5 Å². The van der Waals surface area contributed by atoms with Crippen LogP contribution >= 0.6 is 11.3 Å². The molecule has 31 heavy (non-hydrogen) atoms. The van der Waals surface area contributed by atoms with Gasteiger partial charge in [0.1, 0.15) is 5.82 Å². The fourth-order valence-corrected chi connectivity index (χ4v) is 4.24. The monoisotopic (exact) mass is 442 g/mol. The molecule has 0 saturated heterocycles. The summed E-state index contributed by atoms with van der Waals surface area (Å²) in [6.45, 7) is 4.55. The SMILES string of the molecule is CC(=O)NC(CC(=O)OCC(=O)c1cc(C)n(-c2cccc(F)c2)c1C)c1cccs1. The number of hydrogen-bond donors (Lipinski definition) is 1. The standard InChI is InChI=1S/C23H23FN2O4S/c1-14-10-19(15(2)26(14)18-7-4-6-17(24)11-18)21(28)13-30-23(29)12-20(25-16(3)27)22-8-5-9-31-22/h4-11,20H,12-13H2,1-3H3,(H,25,27). The number of carbonyl (C=O) groups is 3. The van der Waals surface area contributed by atoms with Crippen LogP contribution in [0.5, 0.6) is 0 Å². The van der Waals surface area contributed by atoms with Gasteiger partial charge >= 0.3 is 5.97 Å². The number of Topliss-reactive ketones (excluding diaryl/α,β-unsaturated/α-hetero) is 1. The number of benzene rings is 1. The highest BCUT2D eigenvalue weighted by Gasteiger charge is 2.22. The highest BCUT2D eigenvalue weighted by atomic mass is 32.1. The normalized spacial score (nSPS) is 11.7. The van der Waals surface area contributed by atoms with Crippen molar-refractivity contribution in [3.63, 3.8) is 0 Å². The maximum Gasteiger partial charge on any atom is 0.308 e. The minimum Gasteiger partial charge on any atom is -0.457 e. The molecular formula is C23H23FN2O4S. The van der Waals surface area contributed by atoms with Crippen molar-refractivity contribution < 1.29 is 23.5 Å². The molecule has 3 aromatic rings. The van der Waals surface area contributed by atoms with E-state index in [4.69, 9.17) is 4.74 Å². The van der Waals surface area contributed by atoms with Crippen molar-refractivity contribution in [2.24, 2.45) is 0 Å². The summed E-state index contributed by atoms with van der Waals surface area (Å²) in [5, 5.41) is 4.58. The van der Waals surface area contributed by atoms with Crippen molar-refractivity contribution >= 4 is 29.0 Å². The highest BCUT2D eigenvalue weighted by molar-refractivity contribution is 7.10. The molecule has 1 unspecified atom stereocenters. The van der Waals surface area contributed by atoms with Crippen molar-refractivity contribution in [2.75, 3.05) is 6.61 Å². The van der Waals surface area contributed by atoms with E-state index < -0.39 is 18.6 Å². The second-order valence-corrected chi connectivity index (χ2v) is 8.14. The lowest BCUT2D eigenvalue weighted by Crippen LogP contribution is -2.28. The van der Waals surface area contributed by atoms with Gasteiger partial charge in [-0.15, -0.1) is 11.3 Å². The predicted octanol–water partition coefficient (Wildman–Crippen LogP) is 4.29. The Kier molecular flexibility index (Phi) is 7.02. The number of aromatic nitrogens is 1. The molecule has 0 aliphatic heterocycles. The van der Waals surface area contributed by atoms with Gasteiger partial charge in [0.15, 0.2) is 6.61 Å². The van der Waals surface area contributed by atoms with E-state index in [1.54, 1.807) is 29.7 Å².